The molecule has 0 aromatic carbocycles. The third-order valence-electron chi connectivity index (χ3n) is 2.70. The second-order valence-corrected chi connectivity index (χ2v) is 8.43. The van der Waals surface area contributed by atoms with E-state index in [-0.39, 0.29) is 12.1 Å². The predicted molar refractivity (Wildman–Crippen MR) is 81.0 cm³/mol. The van der Waals surface area contributed by atoms with Crippen molar-refractivity contribution in [2.45, 2.75) is 44.4 Å². The van der Waals surface area contributed by atoms with Crippen molar-refractivity contribution in [3.8, 4) is 0 Å². The lowest BCUT2D eigenvalue weighted by molar-refractivity contribution is -0.109. The van der Waals surface area contributed by atoms with Gasteiger partial charge in [-0.3, -0.25) is 0 Å². The zero-order chi connectivity index (χ0) is 15.6. The largest absolute Gasteiger partial charge is 0.598 e. The molecule has 0 aliphatic carbocycles. The van der Waals surface area contributed by atoms with E-state index in [0.29, 0.717) is 10.9 Å². The molecule has 2 unspecified atom stereocenters. The third-order valence-corrected chi connectivity index (χ3v) is 4.89. The zero-order valence-corrected chi connectivity index (χ0v) is 14.3. The van der Waals surface area contributed by atoms with E-state index in [1.165, 1.54) is 12.1 Å². The first kappa shape index (κ1) is 17.6. The maximum atomic E-state index is 14.0. The van der Waals surface area contributed by atoms with Gasteiger partial charge in [0.2, 0.25) is 0 Å². The first-order valence-corrected chi connectivity index (χ1v) is 8.00. The fourth-order valence-electron chi connectivity index (χ4n) is 1.52. The number of aldehydes is 1. The van der Waals surface area contributed by atoms with Crippen LogP contribution in [0.5, 0.6) is 0 Å². The topological polar surface area (TPSA) is 65.0 Å². The highest BCUT2D eigenvalue weighted by molar-refractivity contribution is 9.10. The van der Waals surface area contributed by atoms with Crippen LogP contribution in [-0.2, 0) is 21.7 Å². The van der Waals surface area contributed by atoms with Crippen LogP contribution in [0.3, 0.4) is 0 Å². The molecule has 1 rings (SSSR count). The van der Waals surface area contributed by atoms with Crippen LogP contribution in [0.2, 0.25) is 0 Å². The highest BCUT2D eigenvalue weighted by Gasteiger charge is 2.39. The van der Waals surface area contributed by atoms with Crippen LogP contribution < -0.4 is 4.72 Å². The van der Waals surface area contributed by atoms with Gasteiger partial charge in [-0.05, 0) is 55.8 Å². The van der Waals surface area contributed by atoms with E-state index < -0.39 is 27.5 Å². The summed E-state index contributed by atoms with van der Waals surface area (Å²) in [7, 11) is 0. The highest BCUT2D eigenvalue weighted by Crippen LogP contribution is 2.29. The van der Waals surface area contributed by atoms with E-state index in [1.54, 1.807) is 27.7 Å². The molecule has 7 heteroatoms. The summed E-state index contributed by atoms with van der Waals surface area (Å²) in [5, 5.41) is 0. The Balaban J connectivity index is 3.20. The van der Waals surface area contributed by atoms with E-state index >= 15 is 0 Å². The average Bonchev–Trinajstić information content (AvgIpc) is 2.31. The Morgan fingerprint density at radius 3 is 2.55 bits per heavy atom. The Hall–Kier alpha value is -0.500. The van der Waals surface area contributed by atoms with Crippen molar-refractivity contribution < 1.29 is 13.7 Å². The number of rotatable bonds is 5. The Morgan fingerprint density at radius 2 is 2.05 bits per heavy atom. The van der Waals surface area contributed by atoms with E-state index in [0.717, 1.165) is 0 Å². The number of pyridine rings is 1. The quantitative estimate of drug-likeness (QED) is 0.495. The molecule has 0 fully saturated rings. The molecule has 0 spiro atoms. The van der Waals surface area contributed by atoms with Crippen LogP contribution in [0.25, 0.3) is 0 Å². The number of hydrogen-bond acceptors (Lipinski definition) is 4. The van der Waals surface area contributed by atoms with Crippen LogP contribution >= 0.6 is 15.9 Å². The fourth-order valence-corrected chi connectivity index (χ4v) is 2.72. The smallest absolute Gasteiger partial charge is 0.146 e. The summed E-state index contributed by atoms with van der Waals surface area (Å²) in [6, 6.07) is 2.73. The lowest BCUT2D eigenvalue weighted by Gasteiger charge is -2.33. The third kappa shape index (κ3) is 4.25. The Kier molecular flexibility index (Phi) is 5.71. The van der Waals surface area contributed by atoms with Crippen LogP contribution in [0.4, 0.5) is 4.39 Å². The SMILES string of the molecule is CC(CC=O)(N[S+]([O-])C(C)(C)C)c1nc(Br)ccc1F. The van der Waals surface area contributed by atoms with Crippen molar-refractivity contribution in [2.24, 2.45) is 0 Å². The molecule has 4 nitrogen and oxygen atoms in total. The fraction of sp³-hybridized carbons (Fsp3) is 0.538. The maximum Gasteiger partial charge on any atom is 0.146 e. The second-order valence-electron chi connectivity index (χ2n) is 5.65. The summed E-state index contributed by atoms with van der Waals surface area (Å²) in [6.45, 7) is 7.00. The molecule has 1 aromatic heterocycles. The van der Waals surface area contributed by atoms with Crippen molar-refractivity contribution >= 4 is 33.6 Å². The average molecular weight is 365 g/mol. The van der Waals surface area contributed by atoms with E-state index in [1.807, 2.05) is 0 Å². The second kappa shape index (κ2) is 6.51. The van der Waals surface area contributed by atoms with Gasteiger partial charge in [0.1, 0.15) is 32.7 Å². The van der Waals surface area contributed by atoms with Crippen LogP contribution in [-0.4, -0.2) is 20.6 Å². The number of nitrogens with zero attached hydrogens (tertiary/aromatic N) is 1. The number of aromatic nitrogens is 1. The van der Waals surface area contributed by atoms with E-state index in [9.17, 15) is 13.7 Å². The van der Waals surface area contributed by atoms with Crippen LogP contribution in [0, 0.1) is 5.82 Å². The Bertz CT molecular complexity index is 496. The normalized spacial score (nSPS) is 16.6. The van der Waals surface area contributed by atoms with Gasteiger partial charge in [0, 0.05) is 17.8 Å². The molecule has 0 aliphatic rings. The van der Waals surface area contributed by atoms with Crippen LogP contribution in [0.1, 0.15) is 39.8 Å². The molecule has 1 heterocycles. The maximum absolute atomic E-state index is 14.0. The molecule has 112 valence electrons. The standard InChI is InChI=1S/C13H18BrFN2O2S/c1-12(2,3)20(19)17-13(4,7-8-18)11-9(15)5-6-10(14)16-11/h5-6,8,17H,7H2,1-4H3. The van der Waals surface area contributed by atoms with Gasteiger partial charge in [0.25, 0.3) is 0 Å². The molecular weight excluding hydrogens is 347 g/mol. The summed E-state index contributed by atoms with van der Waals surface area (Å²) < 4.78 is 29.0. The van der Waals surface area contributed by atoms with E-state index in [2.05, 4.69) is 25.6 Å². The number of carbonyl (C=O) groups is 1. The van der Waals surface area contributed by atoms with Crippen molar-refractivity contribution in [2.75, 3.05) is 0 Å². The molecule has 0 saturated heterocycles. The highest BCUT2D eigenvalue weighted by atomic mass is 79.9. The number of nitrogens with one attached hydrogen (secondary N) is 1. The minimum absolute atomic E-state index is 0.0325. The van der Waals surface area contributed by atoms with Gasteiger partial charge in [-0.25, -0.2) is 9.37 Å². The van der Waals surface area contributed by atoms with Gasteiger partial charge in [-0.2, -0.15) is 0 Å². The number of carbonyl (C=O) groups excluding carboxylic acids is 1. The summed E-state index contributed by atoms with van der Waals surface area (Å²) in [5.74, 6) is -0.545. The molecule has 0 saturated carbocycles. The molecular formula is C13H18BrFN2O2S. The zero-order valence-electron chi connectivity index (χ0n) is 11.9. The Labute approximate surface area is 130 Å². The lowest BCUT2D eigenvalue weighted by atomic mass is 9.95. The van der Waals surface area contributed by atoms with Gasteiger partial charge in [0.15, 0.2) is 0 Å². The summed E-state index contributed by atoms with van der Waals surface area (Å²) in [5.41, 5.74) is -1.06. The Morgan fingerprint density at radius 1 is 1.45 bits per heavy atom. The van der Waals surface area contributed by atoms with Gasteiger partial charge in [-0.15, -0.1) is 4.72 Å². The predicted octanol–water partition coefficient (Wildman–Crippen LogP) is 2.84. The van der Waals surface area contributed by atoms with Crippen LogP contribution in [0.15, 0.2) is 16.7 Å². The molecule has 20 heavy (non-hydrogen) atoms. The molecule has 1 aromatic rings. The summed E-state index contributed by atoms with van der Waals surface area (Å²) >= 11 is 1.72. The van der Waals surface area contributed by atoms with Crippen molar-refractivity contribution in [1.29, 1.82) is 0 Å². The first-order chi connectivity index (χ1) is 9.10. The van der Waals surface area contributed by atoms with Gasteiger partial charge in [0.05, 0.1) is 0 Å². The minimum Gasteiger partial charge on any atom is -0.598 e. The van der Waals surface area contributed by atoms with Gasteiger partial charge >= 0.3 is 0 Å². The molecule has 0 bridgehead atoms. The lowest BCUT2D eigenvalue weighted by Crippen LogP contribution is -2.50. The first-order valence-electron chi connectivity index (χ1n) is 6.06. The van der Waals surface area contributed by atoms with Crippen molar-refractivity contribution in [3.05, 3.63) is 28.2 Å². The molecule has 1 N–H and O–H groups in total. The monoisotopic (exact) mass is 364 g/mol. The minimum atomic E-state index is -1.45. The van der Waals surface area contributed by atoms with Gasteiger partial charge in [-0.1, -0.05) is 0 Å². The molecule has 0 aliphatic heterocycles. The van der Waals surface area contributed by atoms with E-state index in [4.69, 9.17) is 0 Å². The molecule has 2 atom stereocenters. The molecule has 0 radical (unpaired) electrons. The van der Waals surface area contributed by atoms with Gasteiger partial charge < -0.3 is 9.35 Å². The summed E-state index contributed by atoms with van der Waals surface area (Å²) in [6.07, 6.45) is 0.629. The summed E-state index contributed by atoms with van der Waals surface area (Å²) in [4.78, 5) is 15.0. The number of hydrogen-bond donors (Lipinski definition) is 1. The van der Waals surface area contributed by atoms with Crippen molar-refractivity contribution in [3.63, 3.8) is 0 Å². The van der Waals surface area contributed by atoms with Crippen molar-refractivity contribution in [1.82, 2.24) is 9.71 Å². The number of halogens is 2. The molecule has 0 amide bonds.